The fourth-order valence-corrected chi connectivity index (χ4v) is 4.34. The first-order chi connectivity index (χ1) is 14.2. The zero-order valence-corrected chi connectivity index (χ0v) is 17.1. The summed E-state index contributed by atoms with van der Waals surface area (Å²) in [6, 6.07) is 5.71. The van der Waals surface area contributed by atoms with Crippen LogP contribution in [-0.4, -0.2) is 40.4 Å². The van der Waals surface area contributed by atoms with E-state index in [0.29, 0.717) is 25.9 Å². The van der Waals surface area contributed by atoms with Crippen LogP contribution >= 0.6 is 11.3 Å². The Hall–Kier alpha value is -2.94. The van der Waals surface area contributed by atoms with Gasteiger partial charge in [-0.3, -0.25) is 29.8 Å². The van der Waals surface area contributed by atoms with Crippen molar-refractivity contribution in [1.29, 1.82) is 0 Å². The molecule has 2 aromatic rings. The van der Waals surface area contributed by atoms with Gasteiger partial charge in [0, 0.05) is 38.3 Å². The third kappa shape index (κ3) is 3.95. The number of hydrogen-bond acceptors (Lipinski definition) is 7. The summed E-state index contributed by atoms with van der Waals surface area (Å²) >= 11 is 1.45. The summed E-state index contributed by atoms with van der Waals surface area (Å²) in [7, 11) is 0. The zero-order chi connectivity index (χ0) is 20.2. The first kappa shape index (κ1) is 19.4. The molecule has 2 aromatic heterocycles. The second kappa shape index (κ2) is 8.60. The van der Waals surface area contributed by atoms with Gasteiger partial charge in [0.1, 0.15) is 10.7 Å². The van der Waals surface area contributed by atoms with E-state index in [2.05, 4.69) is 32.7 Å². The van der Waals surface area contributed by atoms with E-state index in [1.807, 2.05) is 28.5 Å². The van der Waals surface area contributed by atoms with Gasteiger partial charge in [0.15, 0.2) is 0 Å². The number of nitrogens with zero attached hydrogens (tertiary/aromatic N) is 4. The average molecular weight is 413 g/mol. The number of unbranched alkanes of at least 4 members (excludes halogenated alkanes) is 1. The van der Waals surface area contributed by atoms with E-state index < -0.39 is 0 Å². The number of hydrogen-bond donors (Lipinski definition) is 2. The molecule has 2 aliphatic heterocycles. The molecule has 2 N–H and O–H groups in total. The summed E-state index contributed by atoms with van der Waals surface area (Å²) in [6.45, 7) is 3.26. The average Bonchev–Trinajstić information content (AvgIpc) is 3.38. The molecule has 0 spiro atoms. The van der Waals surface area contributed by atoms with Gasteiger partial charge in [0.25, 0.3) is 5.91 Å². The predicted molar refractivity (Wildman–Crippen MR) is 112 cm³/mol. The molecule has 2 aliphatic rings. The van der Waals surface area contributed by atoms with E-state index in [0.717, 1.165) is 34.8 Å². The second-order valence-corrected chi connectivity index (χ2v) is 7.94. The van der Waals surface area contributed by atoms with Crippen LogP contribution < -0.4 is 15.6 Å². The van der Waals surface area contributed by atoms with Gasteiger partial charge in [0.05, 0.1) is 5.69 Å². The minimum Gasteiger partial charge on any atom is -0.352 e. The largest absolute Gasteiger partial charge is 0.352 e. The van der Waals surface area contributed by atoms with Gasteiger partial charge in [-0.2, -0.15) is 5.10 Å². The molecule has 0 saturated heterocycles. The molecule has 8 nitrogen and oxygen atoms in total. The lowest BCUT2D eigenvalue weighted by Crippen LogP contribution is -2.58. The summed E-state index contributed by atoms with van der Waals surface area (Å²) in [4.78, 5) is 33.8. The van der Waals surface area contributed by atoms with E-state index in [1.54, 1.807) is 12.4 Å². The molecule has 152 valence electrons. The van der Waals surface area contributed by atoms with Gasteiger partial charge in [-0.05, 0) is 35.6 Å². The minimum absolute atomic E-state index is 0.0329. The van der Waals surface area contributed by atoms with Crippen LogP contribution in [0.4, 0.5) is 5.69 Å². The number of amides is 2. The van der Waals surface area contributed by atoms with Crippen molar-refractivity contribution < 1.29 is 9.59 Å². The van der Waals surface area contributed by atoms with Crippen molar-refractivity contribution in [2.24, 2.45) is 5.10 Å². The Kier molecular flexibility index (Phi) is 5.75. The van der Waals surface area contributed by atoms with Crippen LogP contribution in [-0.2, 0) is 11.3 Å². The molecular formula is C20H24N6O2S. The Morgan fingerprint density at radius 2 is 2.14 bits per heavy atom. The molecule has 9 heteroatoms. The van der Waals surface area contributed by atoms with Gasteiger partial charge in [0.2, 0.25) is 12.2 Å². The molecule has 0 aliphatic carbocycles. The molecule has 0 bridgehead atoms. The monoisotopic (exact) mass is 412 g/mol. The van der Waals surface area contributed by atoms with Gasteiger partial charge in [-0.15, -0.1) is 11.3 Å². The Morgan fingerprint density at radius 3 is 2.93 bits per heavy atom. The van der Waals surface area contributed by atoms with Crippen molar-refractivity contribution in [2.75, 3.05) is 11.4 Å². The highest BCUT2D eigenvalue weighted by molar-refractivity contribution is 7.12. The van der Waals surface area contributed by atoms with Crippen molar-refractivity contribution in [3.63, 3.8) is 0 Å². The highest BCUT2D eigenvalue weighted by Crippen LogP contribution is 2.36. The molecule has 0 fully saturated rings. The summed E-state index contributed by atoms with van der Waals surface area (Å²) < 4.78 is 0. The smallest absolute Gasteiger partial charge is 0.269 e. The fourth-order valence-electron chi connectivity index (χ4n) is 3.50. The lowest BCUT2D eigenvalue weighted by Gasteiger charge is -2.39. The van der Waals surface area contributed by atoms with Crippen LogP contribution in [0.3, 0.4) is 0 Å². The normalized spacial score (nSPS) is 17.5. The highest BCUT2D eigenvalue weighted by Gasteiger charge is 2.43. The minimum atomic E-state index is -0.314. The zero-order valence-electron chi connectivity index (χ0n) is 16.3. The maximum absolute atomic E-state index is 12.9. The van der Waals surface area contributed by atoms with Crippen molar-refractivity contribution in [3.05, 3.63) is 46.4 Å². The van der Waals surface area contributed by atoms with Crippen LogP contribution in [0.5, 0.6) is 0 Å². The number of fused-ring (bicyclic) bond motifs is 3. The van der Waals surface area contributed by atoms with E-state index in [-0.39, 0.29) is 18.1 Å². The third-order valence-corrected chi connectivity index (χ3v) is 5.94. The van der Waals surface area contributed by atoms with Crippen LogP contribution in [0.1, 0.15) is 47.8 Å². The first-order valence-corrected chi connectivity index (χ1v) is 10.7. The van der Waals surface area contributed by atoms with Crippen molar-refractivity contribution in [2.45, 2.75) is 45.4 Å². The lowest BCUT2D eigenvalue weighted by molar-refractivity contribution is -0.121. The Balaban J connectivity index is 1.40. The predicted octanol–water partition coefficient (Wildman–Crippen LogP) is 2.50. The summed E-state index contributed by atoms with van der Waals surface area (Å²) in [6.07, 6.45) is 5.88. The first-order valence-electron chi connectivity index (χ1n) is 9.84. The molecule has 0 radical (unpaired) electrons. The highest BCUT2D eigenvalue weighted by atomic mass is 32.1. The number of aromatic nitrogens is 1. The molecule has 2 amide bonds. The number of amidine groups is 1. The molecule has 29 heavy (non-hydrogen) atoms. The van der Waals surface area contributed by atoms with Gasteiger partial charge >= 0.3 is 0 Å². The van der Waals surface area contributed by atoms with Gasteiger partial charge in [-0.25, -0.2) is 0 Å². The topological polar surface area (TPSA) is 89.9 Å². The van der Waals surface area contributed by atoms with Crippen LogP contribution in [0.2, 0.25) is 0 Å². The van der Waals surface area contributed by atoms with E-state index in [9.17, 15) is 9.59 Å². The molecular weight excluding hydrogens is 388 g/mol. The summed E-state index contributed by atoms with van der Waals surface area (Å²) in [5.74, 6) is 0.792. The van der Waals surface area contributed by atoms with E-state index in [4.69, 9.17) is 0 Å². The van der Waals surface area contributed by atoms with Crippen molar-refractivity contribution in [1.82, 2.24) is 20.6 Å². The number of thiophene rings is 1. The number of anilines is 1. The lowest BCUT2D eigenvalue weighted by atomic mass is 10.2. The van der Waals surface area contributed by atoms with Gasteiger partial charge in [-0.1, -0.05) is 13.3 Å². The molecule has 1 atom stereocenters. The summed E-state index contributed by atoms with van der Waals surface area (Å²) in [5, 5.41) is 9.32. The van der Waals surface area contributed by atoms with Crippen LogP contribution in [0.15, 0.2) is 41.1 Å². The van der Waals surface area contributed by atoms with Crippen molar-refractivity contribution >= 4 is 34.7 Å². The quantitative estimate of drug-likeness (QED) is 0.695. The Labute approximate surface area is 173 Å². The number of carbonyl (C=O) groups excluding carboxylic acids is 2. The standard InChI is InChI=1S/C20H24N6O2S/c1-2-3-11-25-19(28)18-15(8-12-29-18)26-16(23-24-20(25)26)4-5-17(27)22-13-14-6-9-21-10-7-14/h6-10,12,20,24H,2-5,11,13H2,1H3,(H,22,27). The van der Waals surface area contributed by atoms with E-state index in [1.165, 1.54) is 11.3 Å². The van der Waals surface area contributed by atoms with E-state index >= 15 is 0 Å². The fraction of sp³-hybridized carbons (Fsp3) is 0.400. The number of hydrazone groups is 1. The second-order valence-electron chi connectivity index (χ2n) is 7.02. The van der Waals surface area contributed by atoms with Crippen molar-refractivity contribution in [3.8, 4) is 0 Å². The number of pyridine rings is 1. The number of carbonyl (C=O) groups is 2. The summed E-state index contributed by atoms with van der Waals surface area (Å²) in [5.41, 5.74) is 4.98. The third-order valence-electron chi connectivity index (χ3n) is 5.05. The number of nitrogens with one attached hydrogen (secondary N) is 2. The molecule has 1 unspecified atom stereocenters. The molecule has 4 rings (SSSR count). The van der Waals surface area contributed by atoms with Crippen LogP contribution in [0.25, 0.3) is 0 Å². The molecule has 0 saturated carbocycles. The van der Waals surface area contributed by atoms with Gasteiger partial charge < -0.3 is 5.32 Å². The Bertz CT molecular complexity index is 913. The maximum atomic E-state index is 12.9. The number of rotatable bonds is 8. The van der Waals surface area contributed by atoms with Crippen LogP contribution in [0, 0.1) is 0 Å². The Morgan fingerprint density at radius 1 is 1.31 bits per heavy atom. The SMILES string of the molecule is CCCCN1C(=O)c2sccc2N2C(CCC(=O)NCc3ccncc3)=NNC12. The molecule has 4 heterocycles. The maximum Gasteiger partial charge on any atom is 0.269 e. The molecule has 0 aromatic carbocycles.